The lowest BCUT2D eigenvalue weighted by molar-refractivity contribution is 1.04. The fourth-order valence-electron chi connectivity index (χ4n) is 8.51. The Labute approximate surface area is 355 Å². The number of aromatic nitrogens is 3. The monoisotopic (exact) mass is 779 g/mol. The van der Waals surface area contributed by atoms with Gasteiger partial charge in [-0.2, -0.15) is 0 Å². The predicted octanol–water partition coefficient (Wildman–Crippen LogP) is 14.9. The Morgan fingerprint density at radius 2 is 0.902 bits per heavy atom. The van der Waals surface area contributed by atoms with E-state index >= 15 is 0 Å². The molecule has 0 N–H and O–H groups in total. The van der Waals surface area contributed by atoms with Gasteiger partial charge >= 0.3 is 0 Å². The van der Waals surface area contributed by atoms with Crippen LogP contribution in [0.1, 0.15) is 17.2 Å². The molecule has 1 aliphatic heterocycles. The summed E-state index contributed by atoms with van der Waals surface area (Å²) in [6.07, 6.45) is 6.42. The number of fused-ring (bicyclic) bond motifs is 3. The van der Waals surface area contributed by atoms with Gasteiger partial charge in [-0.25, -0.2) is 9.97 Å². The van der Waals surface area contributed by atoms with Crippen molar-refractivity contribution in [3.8, 4) is 61.8 Å². The molecule has 3 heterocycles. The Bertz CT molecular complexity index is 3140. The van der Waals surface area contributed by atoms with Crippen LogP contribution in [0.15, 0.2) is 231 Å². The van der Waals surface area contributed by atoms with Crippen LogP contribution in [0.4, 0.5) is 0 Å². The van der Waals surface area contributed by atoms with Crippen LogP contribution in [0, 0.1) is 0 Å². The van der Waals surface area contributed by atoms with E-state index in [1.807, 2.05) is 36.4 Å². The molecule has 10 aromatic rings. The van der Waals surface area contributed by atoms with Crippen LogP contribution in [0.5, 0.6) is 0 Å². The van der Waals surface area contributed by atoms with E-state index in [0.29, 0.717) is 5.82 Å². The molecule has 61 heavy (non-hydrogen) atoms. The van der Waals surface area contributed by atoms with Gasteiger partial charge in [-0.15, -0.1) is 5.70 Å². The minimum Gasteiger partial charge on any atom is -0.674 e. The molecule has 1 unspecified atom stereocenters. The van der Waals surface area contributed by atoms with Crippen molar-refractivity contribution < 1.29 is 0 Å². The van der Waals surface area contributed by atoms with Gasteiger partial charge in [0, 0.05) is 33.2 Å². The van der Waals surface area contributed by atoms with Gasteiger partial charge in [0.25, 0.3) is 0 Å². The average Bonchev–Trinajstić information content (AvgIpc) is 3.69. The zero-order chi connectivity index (χ0) is 40.5. The summed E-state index contributed by atoms with van der Waals surface area (Å²) >= 11 is 0. The predicted molar refractivity (Wildman–Crippen MR) is 253 cm³/mol. The highest BCUT2D eigenvalue weighted by Gasteiger charge is 2.14. The van der Waals surface area contributed by atoms with Gasteiger partial charge in [-0.1, -0.05) is 206 Å². The smallest absolute Gasteiger partial charge is 0.160 e. The molecule has 0 saturated carbocycles. The molecule has 0 spiro atoms. The summed E-state index contributed by atoms with van der Waals surface area (Å²) in [5.41, 5.74) is 16.3. The molecule has 0 saturated heterocycles. The van der Waals surface area contributed by atoms with E-state index in [1.165, 1.54) is 27.4 Å². The average molecular weight is 780 g/mol. The molecule has 0 aliphatic carbocycles. The van der Waals surface area contributed by atoms with Gasteiger partial charge in [-0.05, 0) is 64.2 Å². The molecule has 11 rings (SSSR count). The SMILES string of the molecule is C1=CC(c2cccc(-c3ccc(-c4cc(-c5ccccc5)nc(-c5ccccc5)n4)cc3)c2)[N-]C(c2cccc(-c3ccc(-n4c5ccccc5c5ccccc54)cc3)c2)=C1. The second-order valence-corrected chi connectivity index (χ2v) is 15.4. The third-order valence-corrected chi connectivity index (χ3v) is 11.6. The second kappa shape index (κ2) is 15.6. The molecule has 0 radical (unpaired) electrons. The largest absolute Gasteiger partial charge is 0.674 e. The molecule has 4 nitrogen and oxygen atoms in total. The maximum atomic E-state index is 5.27. The lowest BCUT2D eigenvalue weighted by atomic mass is 9.95. The van der Waals surface area contributed by atoms with E-state index in [4.69, 9.17) is 15.3 Å². The van der Waals surface area contributed by atoms with Crippen LogP contribution >= 0.6 is 0 Å². The summed E-state index contributed by atoms with van der Waals surface area (Å²) in [5.74, 6) is 0.711. The minimum atomic E-state index is -0.0952. The highest BCUT2D eigenvalue weighted by Crippen LogP contribution is 2.39. The molecule has 0 bridgehead atoms. The first-order valence-corrected chi connectivity index (χ1v) is 20.7. The summed E-state index contributed by atoms with van der Waals surface area (Å²) in [5, 5.41) is 7.81. The first-order valence-electron chi connectivity index (χ1n) is 20.7. The van der Waals surface area contributed by atoms with E-state index < -0.39 is 0 Å². The Hall–Kier alpha value is -8.08. The van der Waals surface area contributed by atoms with Gasteiger partial charge < -0.3 is 9.88 Å². The number of nitrogens with zero attached hydrogens (tertiary/aromatic N) is 4. The van der Waals surface area contributed by atoms with Crippen molar-refractivity contribution in [1.82, 2.24) is 14.5 Å². The highest BCUT2D eigenvalue weighted by molar-refractivity contribution is 6.09. The summed E-state index contributed by atoms with van der Waals surface area (Å²) in [6, 6.07) is 74.8. The van der Waals surface area contributed by atoms with Crippen molar-refractivity contribution in [3.63, 3.8) is 0 Å². The number of hydrogen-bond donors (Lipinski definition) is 0. The molecular weight excluding hydrogens is 741 g/mol. The number of benzene rings is 8. The van der Waals surface area contributed by atoms with Gasteiger partial charge in [0.05, 0.1) is 22.4 Å². The van der Waals surface area contributed by atoms with E-state index in [-0.39, 0.29) is 6.04 Å². The number of para-hydroxylation sites is 2. The summed E-state index contributed by atoms with van der Waals surface area (Å²) in [4.78, 5) is 9.98. The summed E-state index contributed by atoms with van der Waals surface area (Å²) in [7, 11) is 0. The van der Waals surface area contributed by atoms with Gasteiger partial charge in [0.15, 0.2) is 5.82 Å². The number of hydrogen-bond acceptors (Lipinski definition) is 2. The van der Waals surface area contributed by atoms with Crippen molar-refractivity contribution in [2.45, 2.75) is 6.04 Å². The summed E-state index contributed by atoms with van der Waals surface area (Å²) in [6.45, 7) is 0. The minimum absolute atomic E-state index is 0.0952. The third-order valence-electron chi connectivity index (χ3n) is 11.6. The van der Waals surface area contributed by atoms with Crippen molar-refractivity contribution in [2.24, 2.45) is 0 Å². The van der Waals surface area contributed by atoms with Crippen LogP contribution in [0.3, 0.4) is 0 Å². The van der Waals surface area contributed by atoms with E-state index in [0.717, 1.165) is 67.3 Å². The third kappa shape index (κ3) is 7.00. The highest BCUT2D eigenvalue weighted by atomic mass is 15.0. The van der Waals surface area contributed by atoms with Crippen molar-refractivity contribution >= 4 is 27.5 Å². The molecule has 2 aromatic heterocycles. The van der Waals surface area contributed by atoms with Crippen LogP contribution < -0.4 is 0 Å². The second-order valence-electron chi connectivity index (χ2n) is 15.4. The number of allylic oxidation sites excluding steroid dienone is 2. The lowest BCUT2D eigenvalue weighted by Gasteiger charge is -2.36. The quantitative estimate of drug-likeness (QED) is 0.154. The maximum Gasteiger partial charge on any atom is 0.160 e. The number of rotatable bonds is 8. The Balaban J connectivity index is 0.827. The van der Waals surface area contributed by atoms with Crippen molar-refractivity contribution in [1.29, 1.82) is 0 Å². The standard InChI is InChI=1S/C57H39N4/c1-3-14-41(15-4-1)53-38-54(60-57(59-53)43-16-5-2-6-17-43)42-30-28-39(29-31-42)44-18-11-20-46(36-44)51-24-13-25-52(58-51)47-21-12-19-45(37-47)40-32-34-48(35-33-40)61-55-26-9-7-22-49(55)50-23-8-10-27-56(50)61/h1-38,51H/q-1. The fourth-order valence-corrected chi connectivity index (χ4v) is 8.51. The molecular formula is C57H39N4-. The van der Waals surface area contributed by atoms with E-state index in [2.05, 4.69) is 199 Å². The van der Waals surface area contributed by atoms with E-state index in [1.54, 1.807) is 0 Å². The molecule has 1 aliphatic rings. The molecule has 4 heteroatoms. The van der Waals surface area contributed by atoms with Gasteiger partial charge in [0.1, 0.15) is 0 Å². The molecule has 1 atom stereocenters. The fraction of sp³-hybridized carbons (Fsp3) is 0.0175. The van der Waals surface area contributed by atoms with Crippen LogP contribution in [0.2, 0.25) is 0 Å². The summed E-state index contributed by atoms with van der Waals surface area (Å²) < 4.78 is 2.36. The lowest BCUT2D eigenvalue weighted by Crippen LogP contribution is -1.99. The van der Waals surface area contributed by atoms with Crippen molar-refractivity contribution in [3.05, 3.63) is 247 Å². The van der Waals surface area contributed by atoms with Crippen LogP contribution in [-0.2, 0) is 0 Å². The Morgan fingerprint density at radius 1 is 0.393 bits per heavy atom. The molecule has 8 aromatic carbocycles. The zero-order valence-electron chi connectivity index (χ0n) is 33.3. The first-order chi connectivity index (χ1) is 30.2. The van der Waals surface area contributed by atoms with Crippen molar-refractivity contribution in [2.75, 3.05) is 0 Å². The van der Waals surface area contributed by atoms with Gasteiger partial charge in [-0.3, -0.25) is 0 Å². The topological polar surface area (TPSA) is 44.8 Å². The Kier molecular flexibility index (Phi) is 9.21. The maximum absolute atomic E-state index is 5.27. The molecule has 288 valence electrons. The molecule has 0 amide bonds. The molecule has 0 fully saturated rings. The van der Waals surface area contributed by atoms with Gasteiger partial charge in [0.2, 0.25) is 0 Å². The van der Waals surface area contributed by atoms with E-state index in [9.17, 15) is 0 Å². The zero-order valence-corrected chi connectivity index (χ0v) is 33.3. The van der Waals surface area contributed by atoms with Crippen LogP contribution in [0.25, 0.3) is 94.7 Å². The first kappa shape index (κ1) is 36.0. The normalized spacial score (nSPS) is 13.6. The Morgan fingerprint density at radius 3 is 1.57 bits per heavy atom. The van der Waals surface area contributed by atoms with Crippen LogP contribution in [-0.4, -0.2) is 14.5 Å².